The Balaban J connectivity index is 2.11. The van der Waals surface area contributed by atoms with Gasteiger partial charge in [-0.25, -0.2) is 17.2 Å². The summed E-state index contributed by atoms with van der Waals surface area (Å²) in [5, 5.41) is 0.247. The molecule has 0 aliphatic carbocycles. The van der Waals surface area contributed by atoms with Crippen molar-refractivity contribution in [2.45, 2.75) is 4.90 Å². The first kappa shape index (κ1) is 19.1. The predicted octanol–water partition coefficient (Wildman–Crippen LogP) is 5.09. The maximum absolute atomic E-state index is 13.8. The van der Waals surface area contributed by atoms with E-state index < -0.39 is 21.7 Å². The highest BCUT2D eigenvalue weighted by molar-refractivity contribution is 7.92. The summed E-state index contributed by atoms with van der Waals surface area (Å²) < 4.78 is 60.2. The van der Waals surface area contributed by atoms with E-state index >= 15 is 0 Å². The Morgan fingerprint density at radius 1 is 0.963 bits per heavy atom. The maximum Gasteiger partial charge on any atom is 0.261 e. The standard InChI is InChI=1S/C19H14ClF2NO3S/c1-26-19-8-7-12(9-15(19)20)14-10-16(21)17(22)11-18(14)23-27(24,25)13-5-3-2-4-6-13/h2-11,23H,1H3. The van der Waals surface area contributed by atoms with Gasteiger partial charge in [0.1, 0.15) is 5.75 Å². The van der Waals surface area contributed by atoms with Gasteiger partial charge in [-0.2, -0.15) is 0 Å². The Morgan fingerprint density at radius 2 is 1.63 bits per heavy atom. The van der Waals surface area contributed by atoms with E-state index in [0.717, 1.165) is 12.1 Å². The van der Waals surface area contributed by atoms with E-state index in [0.29, 0.717) is 11.3 Å². The van der Waals surface area contributed by atoms with Gasteiger partial charge in [0.2, 0.25) is 0 Å². The fraction of sp³-hybridized carbons (Fsp3) is 0.0526. The SMILES string of the molecule is COc1ccc(-c2cc(F)c(F)cc2NS(=O)(=O)c2ccccc2)cc1Cl. The molecule has 140 valence electrons. The van der Waals surface area contributed by atoms with Crippen LogP contribution in [0.15, 0.2) is 65.6 Å². The minimum Gasteiger partial charge on any atom is -0.495 e. The molecule has 3 rings (SSSR count). The molecule has 0 saturated carbocycles. The zero-order chi connectivity index (χ0) is 19.6. The first-order valence-corrected chi connectivity index (χ1v) is 9.59. The van der Waals surface area contributed by atoms with Crippen LogP contribution in [0.2, 0.25) is 5.02 Å². The number of methoxy groups -OCH3 is 1. The third kappa shape index (κ3) is 4.04. The number of benzene rings is 3. The molecule has 8 heteroatoms. The number of anilines is 1. The van der Waals surface area contributed by atoms with Crippen LogP contribution in [-0.2, 0) is 10.0 Å². The van der Waals surface area contributed by atoms with Crippen molar-refractivity contribution < 1.29 is 21.9 Å². The summed E-state index contributed by atoms with van der Waals surface area (Å²) in [4.78, 5) is -0.00607. The molecule has 0 aromatic heterocycles. The van der Waals surface area contributed by atoms with E-state index in [4.69, 9.17) is 16.3 Å². The molecule has 0 unspecified atom stereocenters. The van der Waals surface area contributed by atoms with Gasteiger partial charge in [0, 0.05) is 11.6 Å². The fourth-order valence-corrected chi connectivity index (χ4v) is 3.86. The largest absolute Gasteiger partial charge is 0.495 e. The van der Waals surface area contributed by atoms with E-state index in [9.17, 15) is 17.2 Å². The molecular weight excluding hydrogens is 396 g/mol. The van der Waals surface area contributed by atoms with Crippen molar-refractivity contribution in [2.24, 2.45) is 0 Å². The van der Waals surface area contributed by atoms with Gasteiger partial charge in [-0.05, 0) is 35.9 Å². The Kier molecular flexibility index (Phi) is 5.34. The van der Waals surface area contributed by atoms with Crippen molar-refractivity contribution in [1.29, 1.82) is 0 Å². The Bertz CT molecular complexity index is 1090. The molecule has 0 atom stereocenters. The van der Waals surface area contributed by atoms with Gasteiger partial charge in [0.25, 0.3) is 10.0 Å². The predicted molar refractivity (Wildman–Crippen MR) is 101 cm³/mol. The molecule has 27 heavy (non-hydrogen) atoms. The van der Waals surface area contributed by atoms with Gasteiger partial charge in [-0.15, -0.1) is 0 Å². The Hall–Kier alpha value is -2.64. The second-order valence-corrected chi connectivity index (χ2v) is 7.67. The molecule has 0 amide bonds. The van der Waals surface area contributed by atoms with E-state index in [2.05, 4.69) is 4.72 Å². The van der Waals surface area contributed by atoms with Crippen LogP contribution in [0, 0.1) is 11.6 Å². The molecule has 1 N–H and O–H groups in total. The van der Waals surface area contributed by atoms with Crippen molar-refractivity contribution in [3.63, 3.8) is 0 Å². The second-order valence-electron chi connectivity index (χ2n) is 5.58. The lowest BCUT2D eigenvalue weighted by Crippen LogP contribution is -2.14. The van der Waals surface area contributed by atoms with E-state index in [1.54, 1.807) is 30.3 Å². The summed E-state index contributed by atoms with van der Waals surface area (Å²) >= 11 is 6.10. The maximum atomic E-state index is 13.8. The minimum atomic E-state index is -3.99. The Morgan fingerprint density at radius 3 is 2.26 bits per heavy atom. The highest BCUT2D eigenvalue weighted by Gasteiger charge is 2.19. The summed E-state index contributed by atoms with van der Waals surface area (Å²) in [6.45, 7) is 0. The quantitative estimate of drug-likeness (QED) is 0.638. The average molecular weight is 410 g/mol. The number of hydrogen-bond donors (Lipinski definition) is 1. The number of hydrogen-bond acceptors (Lipinski definition) is 3. The molecule has 0 spiro atoms. The lowest BCUT2D eigenvalue weighted by atomic mass is 10.0. The van der Waals surface area contributed by atoms with Crippen molar-refractivity contribution in [1.82, 2.24) is 0 Å². The zero-order valence-electron chi connectivity index (χ0n) is 14.0. The molecule has 0 fully saturated rings. The Labute approximate surface area is 160 Å². The van der Waals surface area contributed by atoms with Gasteiger partial charge < -0.3 is 4.74 Å². The van der Waals surface area contributed by atoms with Crippen LogP contribution in [0.4, 0.5) is 14.5 Å². The van der Waals surface area contributed by atoms with Crippen LogP contribution < -0.4 is 9.46 Å². The highest BCUT2D eigenvalue weighted by Crippen LogP contribution is 2.36. The summed E-state index contributed by atoms with van der Waals surface area (Å²) in [5.41, 5.74) is 0.419. The first-order valence-electron chi connectivity index (χ1n) is 7.72. The van der Waals surface area contributed by atoms with Crippen molar-refractivity contribution >= 4 is 27.3 Å². The van der Waals surface area contributed by atoms with Gasteiger partial charge in [-0.3, -0.25) is 4.72 Å². The normalized spacial score (nSPS) is 11.3. The van der Waals surface area contributed by atoms with E-state index in [1.165, 1.54) is 25.3 Å². The molecule has 0 aliphatic rings. The highest BCUT2D eigenvalue weighted by atomic mass is 35.5. The molecule has 0 bridgehead atoms. The summed E-state index contributed by atoms with van der Waals surface area (Å²) in [5.74, 6) is -1.89. The average Bonchev–Trinajstić information content (AvgIpc) is 2.65. The van der Waals surface area contributed by atoms with Gasteiger partial charge >= 0.3 is 0 Å². The molecule has 0 heterocycles. The summed E-state index contributed by atoms with van der Waals surface area (Å²) in [7, 11) is -2.55. The molecule has 0 saturated heterocycles. The van der Waals surface area contributed by atoms with Crippen LogP contribution in [0.1, 0.15) is 0 Å². The number of sulfonamides is 1. The molecule has 0 radical (unpaired) electrons. The van der Waals surface area contributed by atoms with Crippen molar-refractivity contribution in [2.75, 3.05) is 11.8 Å². The summed E-state index contributed by atoms with van der Waals surface area (Å²) in [6, 6.07) is 13.9. The van der Waals surface area contributed by atoms with Gasteiger partial charge in [0.05, 0.1) is 22.7 Å². The van der Waals surface area contributed by atoms with Crippen molar-refractivity contribution in [3.8, 4) is 16.9 Å². The first-order chi connectivity index (χ1) is 12.8. The number of ether oxygens (including phenoxy) is 1. The molecule has 4 nitrogen and oxygen atoms in total. The summed E-state index contributed by atoms with van der Waals surface area (Å²) in [6.07, 6.45) is 0. The molecule has 0 aliphatic heterocycles. The van der Waals surface area contributed by atoms with Crippen LogP contribution >= 0.6 is 11.6 Å². The van der Waals surface area contributed by atoms with Crippen LogP contribution in [0.5, 0.6) is 5.75 Å². The van der Waals surface area contributed by atoms with E-state index in [-0.39, 0.29) is 21.2 Å². The minimum absolute atomic E-state index is 0.00607. The third-order valence-corrected chi connectivity index (χ3v) is 5.50. The van der Waals surface area contributed by atoms with Crippen LogP contribution in [0.25, 0.3) is 11.1 Å². The lowest BCUT2D eigenvalue weighted by molar-refractivity contribution is 0.415. The third-order valence-electron chi connectivity index (χ3n) is 3.82. The van der Waals surface area contributed by atoms with Gasteiger partial charge in [-0.1, -0.05) is 35.9 Å². The number of rotatable bonds is 5. The molecule has 3 aromatic carbocycles. The van der Waals surface area contributed by atoms with E-state index in [1.807, 2.05) is 0 Å². The lowest BCUT2D eigenvalue weighted by Gasteiger charge is -2.14. The fourth-order valence-electron chi connectivity index (χ4n) is 2.51. The number of halogens is 3. The van der Waals surface area contributed by atoms with Crippen molar-refractivity contribution in [3.05, 3.63) is 77.3 Å². The van der Waals surface area contributed by atoms with Gasteiger partial charge in [0.15, 0.2) is 11.6 Å². The second kappa shape index (κ2) is 7.54. The van der Waals surface area contributed by atoms with Crippen LogP contribution in [0.3, 0.4) is 0 Å². The monoisotopic (exact) mass is 409 g/mol. The molecular formula is C19H14ClF2NO3S. The smallest absolute Gasteiger partial charge is 0.261 e. The molecule has 3 aromatic rings. The van der Waals surface area contributed by atoms with Crippen LogP contribution in [-0.4, -0.2) is 15.5 Å². The number of nitrogens with one attached hydrogen (secondary N) is 1. The topological polar surface area (TPSA) is 55.4 Å². The zero-order valence-corrected chi connectivity index (χ0v) is 15.6.